The van der Waals surface area contributed by atoms with Crippen LogP contribution in [0.4, 0.5) is 0 Å². The van der Waals surface area contributed by atoms with Gasteiger partial charge < -0.3 is 9.51 Å². The van der Waals surface area contributed by atoms with Crippen LogP contribution in [0.25, 0.3) is 22.3 Å². The molecule has 7 nitrogen and oxygen atoms in total. The average molecular weight is 415 g/mol. The van der Waals surface area contributed by atoms with Crippen molar-refractivity contribution in [1.29, 1.82) is 0 Å². The summed E-state index contributed by atoms with van der Waals surface area (Å²) < 4.78 is 5.54. The van der Waals surface area contributed by atoms with Gasteiger partial charge >= 0.3 is 0 Å². The second-order valence-corrected chi connectivity index (χ2v) is 7.98. The van der Waals surface area contributed by atoms with Gasteiger partial charge in [0.05, 0.1) is 12.6 Å². The third-order valence-electron chi connectivity index (χ3n) is 6.04. The predicted octanol–water partition coefficient (Wildman–Crippen LogP) is 3.78. The number of Topliss-reactive ketones (excluding diaryl/α,β-unsaturated/α-hetero) is 1. The quantitative estimate of drug-likeness (QED) is 0.483. The monoisotopic (exact) mass is 415 g/mol. The van der Waals surface area contributed by atoms with Crippen LogP contribution in [0.1, 0.15) is 29.2 Å². The average Bonchev–Trinajstić information content (AvgIpc) is 3.47. The van der Waals surface area contributed by atoms with E-state index < -0.39 is 0 Å². The van der Waals surface area contributed by atoms with Gasteiger partial charge in [0, 0.05) is 54.4 Å². The minimum absolute atomic E-state index is 0.0384. The number of hydrogen-bond acceptors (Lipinski definition) is 6. The molecule has 4 aromatic rings. The van der Waals surface area contributed by atoms with E-state index in [9.17, 15) is 4.79 Å². The predicted molar refractivity (Wildman–Crippen MR) is 119 cm³/mol. The minimum Gasteiger partial charge on any atom is -0.360 e. The highest BCUT2D eigenvalue weighted by Crippen LogP contribution is 2.24. The van der Waals surface area contributed by atoms with E-state index in [-0.39, 0.29) is 11.8 Å². The molecule has 1 N–H and O–H groups in total. The van der Waals surface area contributed by atoms with Gasteiger partial charge in [-0.1, -0.05) is 53.7 Å². The highest BCUT2D eigenvalue weighted by molar-refractivity contribution is 6.08. The zero-order valence-corrected chi connectivity index (χ0v) is 17.5. The summed E-state index contributed by atoms with van der Waals surface area (Å²) in [7, 11) is 0. The number of H-pyrrole nitrogens is 1. The van der Waals surface area contributed by atoms with Crippen LogP contribution < -0.4 is 0 Å². The van der Waals surface area contributed by atoms with Crippen molar-refractivity contribution in [1.82, 2.24) is 24.9 Å². The first-order valence-electron chi connectivity index (χ1n) is 10.6. The molecule has 7 heteroatoms. The van der Waals surface area contributed by atoms with E-state index in [4.69, 9.17) is 4.52 Å². The number of aromatic nitrogens is 3. The molecule has 2 aromatic carbocycles. The summed E-state index contributed by atoms with van der Waals surface area (Å²) in [6.07, 6.45) is 1.82. The topological polar surface area (TPSA) is 78.3 Å². The summed E-state index contributed by atoms with van der Waals surface area (Å²) in [6, 6.07) is 17.8. The second-order valence-electron chi connectivity index (χ2n) is 7.98. The van der Waals surface area contributed by atoms with Gasteiger partial charge in [0.1, 0.15) is 0 Å². The van der Waals surface area contributed by atoms with Crippen molar-refractivity contribution in [3.8, 4) is 11.4 Å². The lowest BCUT2D eigenvalue weighted by Crippen LogP contribution is -2.48. The van der Waals surface area contributed by atoms with E-state index in [0.717, 1.165) is 48.2 Å². The Morgan fingerprint density at radius 1 is 1.06 bits per heavy atom. The van der Waals surface area contributed by atoms with Crippen LogP contribution >= 0.6 is 0 Å². The van der Waals surface area contributed by atoms with Gasteiger partial charge in [-0.05, 0) is 13.0 Å². The number of para-hydroxylation sites is 1. The number of rotatable bonds is 6. The molecule has 0 aliphatic carbocycles. The van der Waals surface area contributed by atoms with Crippen molar-refractivity contribution in [3.63, 3.8) is 0 Å². The lowest BCUT2D eigenvalue weighted by atomic mass is 10.1. The Balaban J connectivity index is 1.19. The zero-order valence-electron chi connectivity index (χ0n) is 17.5. The van der Waals surface area contributed by atoms with Crippen molar-refractivity contribution >= 4 is 16.7 Å². The molecule has 0 amide bonds. The molecule has 1 aliphatic rings. The number of nitrogens with one attached hydrogen (secondary N) is 1. The van der Waals surface area contributed by atoms with Crippen molar-refractivity contribution < 1.29 is 9.32 Å². The third-order valence-corrected chi connectivity index (χ3v) is 6.04. The first-order chi connectivity index (χ1) is 15.2. The number of nitrogens with zero attached hydrogens (tertiary/aromatic N) is 4. The van der Waals surface area contributed by atoms with Crippen LogP contribution in [0.5, 0.6) is 0 Å². The Morgan fingerprint density at radius 3 is 2.61 bits per heavy atom. The largest absolute Gasteiger partial charge is 0.360 e. The molecule has 31 heavy (non-hydrogen) atoms. The maximum Gasteiger partial charge on any atom is 0.244 e. The van der Waals surface area contributed by atoms with Gasteiger partial charge in [0.25, 0.3) is 0 Å². The molecular weight excluding hydrogens is 390 g/mol. The summed E-state index contributed by atoms with van der Waals surface area (Å²) >= 11 is 0. The van der Waals surface area contributed by atoms with Gasteiger partial charge in [-0.2, -0.15) is 4.98 Å². The molecule has 0 saturated carbocycles. The number of carbonyl (C=O) groups is 1. The van der Waals surface area contributed by atoms with E-state index in [1.54, 1.807) is 0 Å². The maximum atomic E-state index is 12.9. The number of piperazine rings is 1. The van der Waals surface area contributed by atoms with Crippen LogP contribution in [0.3, 0.4) is 0 Å². The second kappa shape index (κ2) is 8.45. The molecule has 2 aromatic heterocycles. The fourth-order valence-corrected chi connectivity index (χ4v) is 4.16. The maximum absolute atomic E-state index is 12.9. The molecule has 0 bridgehead atoms. The molecule has 1 saturated heterocycles. The summed E-state index contributed by atoms with van der Waals surface area (Å²) in [5.74, 6) is 1.40. The molecule has 0 spiro atoms. The van der Waals surface area contributed by atoms with E-state index in [0.29, 0.717) is 18.3 Å². The molecule has 5 rings (SSSR count). The first kappa shape index (κ1) is 19.7. The van der Waals surface area contributed by atoms with Crippen LogP contribution in [-0.2, 0) is 0 Å². The Bertz CT molecular complexity index is 1170. The van der Waals surface area contributed by atoms with Crippen LogP contribution in [0.2, 0.25) is 0 Å². The van der Waals surface area contributed by atoms with Crippen LogP contribution in [0.15, 0.2) is 65.3 Å². The number of aromatic amines is 1. The van der Waals surface area contributed by atoms with Crippen molar-refractivity contribution in [2.24, 2.45) is 0 Å². The van der Waals surface area contributed by atoms with E-state index in [1.807, 2.05) is 60.8 Å². The number of fused-ring (bicyclic) bond motifs is 1. The van der Waals surface area contributed by atoms with Crippen LogP contribution in [-0.4, -0.2) is 63.4 Å². The van der Waals surface area contributed by atoms with Crippen molar-refractivity contribution in [2.75, 3.05) is 32.7 Å². The molecule has 1 fully saturated rings. The highest BCUT2D eigenvalue weighted by Gasteiger charge is 2.27. The fourth-order valence-electron chi connectivity index (χ4n) is 4.16. The molecule has 1 atom stereocenters. The molecule has 1 aliphatic heterocycles. The summed E-state index contributed by atoms with van der Waals surface area (Å²) in [4.78, 5) is 25.2. The highest BCUT2D eigenvalue weighted by atomic mass is 16.5. The Morgan fingerprint density at radius 2 is 1.81 bits per heavy atom. The minimum atomic E-state index is 0.0384. The van der Waals surface area contributed by atoms with E-state index in [2.05, 4.69) is 31.8 Å². The normalized spacial score (nSPS) is 16.5. The third kappa shape index (κ3) is 4.02. The lowest BCUT2D eigenvalue weighted by molar-refractivity contribution is 0.0738. The molecule has 1 unspecified atom stereocenters. The number of carbonyl (C=O) groups excluding carboxylic acids is 1. The Kier molecular flexibility index (Phi) is 5.36. The smallest absolute Gasteiger partial charge is 0.244 e. The summed E-state index contributed by atoms with van der Waals surface area (Å²) in [5.41, 5.74) is 2.72. The molecule has 158 valence electrons. The summed E-state index contributed by atoms with van der Waals surface area (Å²) in [5, 5.41) is 5.13. The molecule has 3 heterocycles. The van der Waals surface area contributed by atoms with Crippen molar-refractivity contribution in [3.05, 3.63) is 72.2 Å². The summed E-state index contributed by atoms with van der Waals surface area (Å²) in [6.45, 7) is 5.89. The zero-order chi connectivity index (χ0) is 21.2. The van der Waals surface area contributed by atoms with Crippen LogP contribution in [0, 0.1) is 0 Å². The first-order valence-corrected chi connectivity index (χ1v) is 10.6. The fraction of sp³-hybridized carbons (Fsp3) is 0.292. The number of hydrogen-bond donors (Lipinski definition) is 1. The van der Waals surface area contributed by atoms with Gasteiger partial charge in [0.15, 0.2) is 5.78 Å². The number of benzene rings is 2. The lowest BCUT2D eigenvalue weighted by Gasteiger charge is -2.36. The SMILES string of the molecule is CC(c1nc(-c2ccccc2)no1)N1CCN(CC(=O)c2c[nH]c3ccccc23)CC1. The standard InChI is InChI=1S/C24H25N5O2/c1-17(24-26-23(27-31-24)18-7-3-2-4-8-18)29-13-11-28(12-14-29)16-22(30)20-15-25-21-10-6-5-9-19(20)21/h2-10,15,17,25H,11-14,16H2,1H3. The Hall–Kier alpha value is -3.29. The molecular formula is C24H25N5O2. The Labute approximate surface area is 180 Å². The van der Waals surface area contributed by atoms with Crippen molar-refractivity contribution in [2.45, 2.75) is 13.0 Å². The van der Waals surface area contributed by atoms with Gasteiger partial charge in [0.2, 0.25) is 11.7 Å². The van der Waals surface area contributed by atoms with Gasteiger partial charge in [-0.3, -0.25) is 14.6 Å². The van der Waals surface area contributed by atoms with Gasteiger partial charge in [-0.25, -0.2) is 0 Å². The number of ketones is 1. The van der Waals surface area contributed by atoms with E-state index in [1.165, 1.54) is 0 Å². The van der Waals surface area contributed by atoms with Gasteiger partial charge in [-0.15, -0.1) is 0 Å². The van der Waals surface area contributed by atoms with E-state index >= 15 is 0 Å². The molecule has 0 radical (unpaired) electrons.